The predicted molar refractivity (Wildman–Crippen MR) is 114 cm³/mol. The van der Waals surface area contributed by atoms with Gasteiger partial charge in [0, 0.05) is 11.9 Å². The van der Waals surface area contributed by atoms with E-state index in [0.717, 1.165) is 5.56 Å². The van der Waals surface area contributed by atoms with E-state index in [9.17, 15) is 9.59 Å². The van der Waals surface area contributed by atoms with Gasteiger partial charge in [-0.05, 0) is 48.9 Å². The van der Waals surface area contributed by atoms with Gasteiger partial charge in [-0.25, -0.2) is 9.59 Å². The van der Waals surface area contributed by atoms with Gasteiger partial charge in [0.15, 0.2) is 0 Å². The van der Waals surface area contributed by atoms with Gasteiger partial charge in [-0.1, -0.05) is 35.9 Å². The lowest BCUT2D eigenvalue weighted by Gasteiger charge is -2.23. The highest BCUT2D eigenvalue weighted by Gasteiger charge is 2.27. The number of nitrogens with zero attached hydrogens (tertiary/aromatic N) is 1. The zero-order valence-corrected chi connectivity index (χ0v) is 17.1. The number of rotatable bonds is 6. The summed E-state index contributed by atoms with van der Waals surface area (Å²) < 4.78 is 15.6. The molecule has 154 valence electrons. The lowest BCUT2D eigenvalue weighted by molar-refractivity contribution is -0.139. The molecule has 0 aromatic heterocycles. The fourth-order valence-electron chi connectivity index (χ4n) is 2.92. The summed E-state index contributed by atoms with van der Waals surface area (Å²) in [6, 6.07) is 15.4. The average Bonchev–Trinajstić information content (AvgIpc) is 3.01. The summed E-state index contributed by atoms with van der Waals surface area (Å²) in [4.78, 5) is 26.3. The maximum Gasteiger partial charge on any atom is 0.355 e. The van der Waals surface area contributed by atoms with Gasteiger partial charge in [0.2, 0.25) is 0 Å². The number of esters is 2. The van der Waals surface area contributed by atoms with Crippen LogP contribution in [0.4, 0.5) is 5.69 Å². The molecule has 1 heterocycles. The van der Waals surface area contributed by atoms with Gasteiger partial charge in [0.05, 0.1) is 19.8 Å². The first-order valence-electron chi connectivity index (χ1n) is 9.37. The topological polar surface area (TPSA) is 65.1 Å². The number of carbonyl (C=O) groups is 2. The van der Waals surface area contributed by atoms with E-state index >= 15 is 0 Å². The second kappa shape index (κ2) is 9.60. The van der Waals surface area contributed by atoms with Gasteiger partial charge >= 0.3 is 11.9 Å². The van der Waals surface area contributed by atoms with Gasteiger partial charge in [-0.15, -0.1) is 0 Å². The van der Waals surface area contributed by atoms with Gasteiger partial charge in [0.25, 0.3) is 0 Å². The predicted octanol–water partition coefficient (Wildman–Crippen LogP) is 4.06. The van der Waals surface area contributed by atoms with Crippen molar-refractivity contribution in [2.24, 2.45) is 0 Å². The Morgan fingerprint density at radius 2 is 1.53 bits per heavy atom. The monoisotopic (exact) mass is 405 g/mol. The lowest BCUT2D eigenvalue weighted by atomic mass is 10.1. The Hall–Kier alpha value is -3.80. The largest absolute Gasteiger partial charge is 0.489 e. The van der Waals surface area contributed by atoms with E-state index in [1.807, 2.05) is 43.3 Å². The molecule has 6 heteroatoms. The molecule has 0 unspecified atom stereocenters. The Morgan fingerprint density at radius 3 is 2.17 bits per heavy atom. The minimum absolute atomic E-state index is 0.0719. The molecule has 0 aliphatic carbocycles. The molecule has 1 aliphatic rings. The molecule has 0 N–H and O–H groups in total. The van der Waals surface area contributed by atoms with Crippen LogP contribution in [0.5, 0.6) is 5.75 Å². The molecule has 0 spiro atoms. The Balaban J connectivity index is 1.84. The highest BCUT2D eigenvalue weighted by atomic mass is 16.5. The first-order valence-corrected chi connectivity index (χ1v) is 9.37. The number of hydrogen-bond acceptors (Lipinski definition) is 6. The highest BCUT2D eigenvalue weighted by molar-refractivity contribution is 6.05. The third-order valence-corrected chi connectivity index (χ3v) is 4.53. The van der Waals surface area contributed by atoms with E-state index in [1.54, 1.807) is 35.4 Å². The maximum absolute atomic E-state index is 12.5. The van der Waals surface area contributed by atoms with E-state index in [4.69, 9.17) is 14.2 Å². The molecular weight excluding hydrogens is 382 g/mol. The lowest BCUT2D eigenvalue weighted by Crippen LogP contribution is -2.26. The summed E-state index contributed by atoms with van der Waals surface area (Å²) in [5, 5.41) is 0. The van der Waals surface area contributed by atoms with Crippen molar-refractivity contribution in [1.82, 2.24) is 0 Å². The fourth-order valence-corrected chi connectivity index (χ4v) is 2.92. The summed E-state index contributed by atoms with van der Waals surface area (Å²) in [5.41, 5.74) is 3.12. The zero-order valence-electron chi connectivity index (χ0n) is 17.1. The number of aryl methyl sites for hydroxylation is 1. The van der Waals surface area contributed by atoms with Crippen molar-refractivity contribution in [2.75, 3.05) is 19.1 Å². The molecule has 3 rings (SSSR count). The van der Waals surface area contributed by atoms with Crippen molar-refractivity contribution in [1.29, 1.82) is 0 Å². The van der Waals surface area contributed by atoms with E-state index < -0.39 is 11.9 Å². The summed E-state index contributed by atoms with van der Waals surface area (Å²) in [6.07, 6.45) is 6.59. The molecule has 0 bridgehead atoms. The van der Waals surface area contributed by atoms with Crippen LogP contribution < -0.4 is 9.64 Å². The van der Waals surface area contributed by atoms with Crippen molar-refractivity contribution in [2.45, 2.75) is 13.5 Å². The van der Waals surface area contributed by atoms with Gasteiger partial charge in [0.1, 0.15) is 18.1 Å². The van der Waals surface area contributed by atoms with Crippen molar-refractivity contribution in [3.63, 3.8) is 0 Å². The number of carbonyl (C=O) groups excluding carboxylic acids is 2. The van der Waals surface area contributed by atoms with Crippen LogP contribution in [0.1, 0.15) is 11.1 Å². The molecule has 1 aliphatic heterocycles. The van der Waals surface area contributed by atoms with Crippen LogP contribution in [-0.2, 0) is 25.7 Å². The molecule has 0 radical (unpaired) electrons. The number of benzene rings is 2. The van der Waals surface area contributed by atoms with E-state index in [0.29, 0.717) is 18.0 Å². The third kappa shape index (κ3) is 4.78. The fraction of sp³-hybridized carbons (Fsp3) is 0.167. The van der Waals surface area contributed by atoms with Gasteiger partial charge < -0.3 is 19.1 Å². The van der Waals surface area contributed by atoms with E-state index in [2.05, 4.69) is 0 Å². The quantitative estimate of drug-likeness (QED) is 0.675. The minimum atomic E-state index is -0.647. The van der Waals surface area contributed by atoms with Crippen molar-refractivity contribution in [3.8, 4) is 5.75 Å². The van der Waals surface area contributed by atoms with E-state index in [-0.39, 0.29) is 11.3 Å². The first kappa shape index (κ1) is 20.9. The first-order chi connectivity index (χ1) is 14.5. The number of methoxy groups -OCH3 is 2. The molecule has 0 fully saturated rings. The molecular formula is C24H23NO5. The Morgan fingerprint density at radius 1 is 0.867 bits per heavy atom. The second-order valence-corrected chi connectivity index (χ2v) is 6.58. The van der Waals surface area contributed by atoms with Crippen LogP contribution in [0.3, 0.4) is 0 Å². The van der Waals surface area contributed by atoms with E-state index in [1.165, 1.54) is 25.9 Å². The Kier molecular flexibility index (Phi) is 6.70. The Labute approximate surface area is 175 Å². The number of allylic oxidation sites excluding steroid dienone is 2. The van der Waals surface area contributed by atoms with Crippen molar-refractivity contribution < 1.29 is 23.8 Å². The average molecular weight is 405 g/mol. The molecule has 0 saturated carbocycles. The van der Waals surface area contributed by atoms with Crippen molar-refractivity contribution >= 4 is 17.6 Å². The number of anilines is 1. The molecule has 0 amide bonds. The number of hydrogen-bond donors (Lipinski definition) is 0. The van der Waals surface area contributed by atoms with Crippen LogP contribution in [0.15, 0.2) is 84.2 Å². The summed E-state index contributed by atoms with van der Waals surface area (Å²) in [6.45, 7) is 2.49. The van der Waals surface area contributed by atoms with Gasteiger partial charge in [-0.2, -0.15) is 0 Å². The highest BCUT2D eigenvalue weighted by Crippen LogP contribution is 2.28. The minimum Gasteiger partial charge on any atom is -0.489 e. The SMILES string of the molecule is COC(=O)C1=C(C(=O)OC)N(c2ccc(OCc3ccc(C)cc3)cc2)C=CC=C1. The number of ether oxygens (including phenoxy) is 3. The third-order valence-electron chi connectivity index (χ3n) is 4.53. The molecule has 30 heavy (non-hydrogen) atoms. The molecule has 6 nitrogen and oxygen atoms in total. The maximum atomic E-state index is 12.5. The standard InChI is InChI=1S/C24H23NO5/c1-17-7-9-18(10-8-17)16-30-20-13-11-19(12-14-20)25-15-5-4-6-21(23(26)28-2)22(25)24(27)29-3/h4-15H,16H2,1-3H3. The second-order valence-electron chi connectivity index (χ2n) is 6.58. The molecule has 2 aromatic rings. The van der Waals surface area contributed by atoms with Crippen LogP contribution in [0.2, 0.25) is 0 Å². The zero-order chi connectivity index (χ0) is 21.5. The van der Waals surface area contributed by atoms with Crippen LogP contribution >= 0.6 is 0 Å². The normalized spacial score (nSPS) is 13.1. The van der Waals surface area contributed by atoms with Crippen LogP contribution in [0.25, 0.3) is 0 Å². The summed E-state index contributed by atoms with van der Waals surface area (Å²) >= 11 is 0. The molecule has 0 atom stereocenters. The summed E-state index contributed by atoms with van der Waals surface area (Å²) in [7, 11) is 2.53. The molecule has 2 aromatic carbocycles. The van der Waals surface area contributed by atoms with Crippen LogP contribution in [0, 0.1) is 6.92 Å². The smallest absolute Gasteiger partial charge is 0.355 e. The Bertz CT molecular complexity index is 1000. The van der Waals surface area contributed by atoms with Crippen molar-refractivity contribution in [3.05, 3.63) is 95.4 Å². The summed E-state index contributed by atoms with van der Waals surface area (Å²) in [5.74, 6) is -0.585. The van der Waals surface area contributed by atoms with Crippen LogP contribution in [-0.4, -0.2) is 26.2 Å². The van der Waals surface area contributed by atoms with Gasteiger partial charge in [-0.3, -0.25) is 0 Å². The molecule has 0 saturated heterocycles.